The van der Waals surface area contributed by atoms with Crippen molar-refractivity contribution >= 4 is 21.9 Å². The molecule has 0 unspecified atom stereocenters. The van der Waals surface area contributed by atoms with Gasteiger partial charge in [-0.05, 0) is 0 Å². The third-order valence-electron chi connectivity index (χ3n) is 0.400. The topological polar surface area (TPSA) is 26.3 Å². The van der Waals surface area contributed by atoms with Crippen LogP contribution >= 0.6 is 15.9 Å². The lowest BCUT2D eigenvalue weighted by Crippen LogP contribution is -2.25. The van der Waals surface area contributed by atoms with Gasteiger partial charge in [-0.2, -0.15) is 0 Å². The second kappa shape index (κ2) is 3.20. The molecule has 0 aromatic carbocycles. The maximum absolute atomic E-state index is 10.3. The van der Waals surface area contributed by atoms with E-state index in [4.69, 9.17) is 20.8 Å². The summed E-state index contributed by atoms with van der Waals surface area (Å²) in [5.74, 6) is -0.595. The summed E-state index contributed by atoms with van der Waals surface area (Å²) in [5.41, 5.74) is -1.86. The fourth-order valence-electron chi connectivity index (χ4n) is 0.224. The van der Waals surface area contributed by atoms with Gasteiger partial charge in [0, 0.05) is 20.8 Å². The van der Waals surface area contributed by atoms with Gasteiger partial charge in [0.15, 0.2) is 0 Å². The minimum atomic E-state index is -1.86. The predicted octanol–water partition coefficient (Wildman–Crippen LogP) is 0.797. The molecular weight excluding hydrogens is 184 g/mol. The van der Waals surface area contributed by atoms with Crippen LogP contribution in [0.3, 0.4) is 0 Å². The molecule has 3 heteroatoms. The van der Waals surface area contributed by atoms with E-state index in [2.05, 4.69) is 20.7 Å². The summed E-state index contributed by atoms with van der Waals surface area (Å²) in [7, 11) is 0. The molecule has 9 heavy (non-hydrogen) atoms. The standard InChI is InChI=1S/C6H5BrO2/c1-6(2,3)9-5(8)4-7/h1-3H,4H2. The number of carbonyl (C=O) groups excluding carboxylic acids is 1. The van der Waals surface area contributed by atoms with E-state index in [1.165, 1.54) is 0 Å². The number of alkyl halides is 1. The monoisotopic (exact) mass is 188 g/mol. The molecule has 0 saturated carbocycles. The molecule has 0 spiro atoms. The first-order valence-electron chi connectivity index (χ1n) is 2.10. The third-order valence-corrected chi connectivity index (χ3v) is 0.858. The molecule has 0 atom stereocenters. The Labute approximate surface area is 63.7 Å². The fourth-order valence-corrected chi connectivity index (χ4v) is 0.339. The van der Waals surface area contributed by atoms with E-state index >= 15 is 0 Å². The van der Waals surface area contributed by atoms with Crippen LogP contribution in [-0.2, 0) is 9.53 Å². The molecular formula is C6H5BrO2. The van der Waals surface area contributed by atoms with Gasteiger partial charge >= 0.3 is 5.97 Å². The number of halogens is 1. The van der Waals surface area contributed by atoms with Crippen LogP contribution in [0, 0.1) is 20.8 Å². The van der Waals surface area contributed by atoms with Gasteiger partial charge in [-0.1, -0.05) is 15.9 Å². The molecule has 2 nitrogen and oxygen atoms in total. The summed E-state index contributed by atoms with van der Waals surface area (Å²) in [6.45, 7) is 14.7. The smallest absolute Gasteiger partial charge is 0.317 e. The van der Waals surface area contributed by atoms with Crippen molar-refractivity contribution in [3.8, 4) is 0 Å². The first-order chi connectivity index (χ1) is 3.95. The summed E-state index contributed by atoms with van der Waals surface area (Å²) < 4.78 is 4.23. The highest BCUT2D eigenvalue weighted by atomic mass is 79.9. The summed E-state index contributed by atoms with van der Waals surface area (Å²) in [6.07, 6.45) is 0. The molecule has 0 N–H and O–H groups in total. The van der Waals surface area contributed by atoms with Crippen molar-refractivity contribution in [3.63, 3.8) is 0 Å². The highest BCUT2D eigenvalue weighted by Gasteiger charge is 2.15. The molecule has 0 heterocycles. The van der Waals surface area contributed by atoms with Gasteiger partial charge in [0.2, 0.25) is 0 Å². The van der Waals surface area contributed by atoms with Gasteiger partial charge in [0.25, 0.3) is 0 Å². The predicted molar refractivity (Wildman–Crippen MR) is 35.5 cm³/mol. The van der Waals surface area contributed by atoms with Crippen LogP contribution in [0.15, 0.2) is 0 Å². The van der Waals surface area contributed by atoms with E-state index < -0.39 is 11.6 Å². The van der Waals surface area contributed by atoms with E-state index in [1.54, 1.807) is 0 Å². The Balaban J connectivity index is 3.60. The van der Waals surface area contributed by atoms with E-state index in [9.17, 15) is 4.79 Å². The van der Waals surface area contributed by atoms with Crippen molar-refractivity contribution < 1.29 is 9.53 Å². The minimum absolute atomic E-state index is 0.0281. The summed E-state index contributed by atoms with van der Waals surface area (Å²) >= 11 is 2.83. The lowest BCUT2D eigenvalue weighted by Gasteiger charge is -2.16. The molecule has 48 valence electrons. The van der Waals surface area contributed by atoms with Crippen LogP contribution in [0.25, 0.3) is 0 Å². The Bertz CT molecular complexity index is 104. The molecule has 0 fully saturated rings. The van der Waals surface area contributed by atoms with Crippen LogP contribution < -0.4 is 0 Å². The Kier molecular flexibility index (Phi) is 3.18. The number of hydrogen-bond acceptors (Lipinski definition) is 2. The summed E-state index contributed by atoms with van der Waals surface area (Å²) in [4.78, 5) is 10.3. The lowest BCUT2D eigenvalue weighted by atomic mass is 10.2. The number of rotatable bonds is 2. The first kappa shape index (κ1) is 8.95. The number of esters is 1. The molecule has 0 aliphatic heterocycles. The Morgan fingerprint density at radius 1 is 1.56 bits per heavy atom. The Morgan fingerprint density at radius 2 is 2.00 bits per heavy atom. The number of carbonyl (C=O) groups is 1. The highest BCUT2D eigenvalue weighted by molar-refractivity contribution is 9.09. The zero-order valence-electron chi connectivity index (χ0n) is 4.63. The van der Waals surface area contributed by atoms with Crippen LogP contribution in [0.1, 0.15) is 0 Å². The number of ether oxygens (including phenoxy) is 1. The Morgan fingerprint density at radius 3 is 2.11 bits per heavy atom. The Hall–Kier alpha value is -0.0500. The third kappa shape index (κ3) is 5.83. The van der Waals surface area contributed by atoms with Gasteiger partial charge in [0.1, 0.15) is 10.9 Å². The van der Waals surface area contributed by atoms with E-state index in [0.29, 0.717) is 0 Å². The maximum Gasteiger partial charge on any atom is 0.317 e. The molecule has 0 aromatic rings. The van der Waals surface area contributed by atoms with Crippen molar-refractivity contribution in [2.45, 2.75) is 5.60 Å². The SMILES string of the molecule is [CH]C([CH])([CH])OC(=O)CBr. The second-order valence-electron chi connectivity index (χ2n) is 1.46. The summed E-state index contributed by atoms with van der Waals surface area (Å²) in [5, 5.41) is 0.0281. The van der Waals surface area contributed by atoms with Crippen LogP contribution in [0.5, 0.6) is 0 Å². The van der Waals surface area contributed by atoms with Gasteiger partial charge in [0.05, 0.1) is 0 Å². The molecule has 0 amide bonds. The van der Waals surface area contributed by atoms with E-state index in [1.807, 2.05) is 0 Å². The van der Waals surface area contributed by atoms with Gasteiger partial charge in [-0.15, -0.1) is 0 Å². The van der Waals surface area contributed by atoms with Crippen molar-refractivity contribution in [2.24, 2.45) is 0 Å². The van der Waals surface area contributed by atoms with Crippen LogP contribution in [-0.4, -0.2) is 16.9 Å². The van der Waals surface area contributed by atoms with Crippen molar-refractivity contribution in [1.82, 2.24) is 0 Å². The molecule has 0 rings (SSSR count). The van der Waals surface area contributed by atoms with Gasteiger partial charge in [-0.3, -0.25) is 4.79 Å². The van der Waals surface area contributed by atoms with Crippen LogP contribution in [0.4, 0.5) is 0 Å². The minimum Gasteiger partial charge on any atom is -0.457 e. The molecule has 0 aliphatic carbocycles. The van der Waals surface area contributed by atoms with Crippen molar-refractivity contribution in [2.75, 3.05) is 5.33 Å². The van der Waals surface area contributed by atoms with Crippen molar-refractivity contribution in [1.29, 1.82) is 0 Å². The molecule has 6 radical (unpaired) electrons. The molecule has 0 bridgehead atoms. The second-order valence-corrected chi connectivity index (χ2v) is 2.02. The van der Waals surface area contributed by atoms with E-state index in [0.717, 1.165) is 0 Å². The van der Waals surface area contributed by atoms with Crippen LogP contribution in [0.2, 0.25) is 0 Å². The van der Waals surface area contributed by atoms with Crippen molar-refractivity contribution in [3.05, 3.63) is 20.8 Å². The molecule has 0 saturated heterocycles. The first-order valence-corrected chi connectivity index (χ1v) is 3.22. The maximum atomic E-state index is 10.3. The quantitative estimate of drug-likeness (QED) is 0.474. The zero-order chi connectivity index (χ0) is 7.49. The lowest BCUT2D eigenvalue weighted by molar-refractivity contribution is -0.145. The normalized spacial score (nSPS) is 11.1. The number of hydrogen-bond donors (Lipinski definition) is 0. The summed E-state index contributed by atoms with van der Waals surface area (Å²) in [6, 6.07) is 0. The van der Waals surface area contributed by atoms with E-state index in [-0.39, 0.29) is 5.33 Å². The average molecular weight is 189 g/mol. The average Bonchev–Trinajstić information content (AvgIpc) is 1.62. The zero-order valence-corrected chi connectivity index (χ0v) is 6.22. The fraction of sp³-hybridized carbons (Fsp3) is 0.333. The largest absolute Gasteiger partial charge is 0.457 e. The molecule has 0 aromatic heterocycles. The highest BCUT2D eigenvalue weighted by Crippen LogP contribution is 2.05. The van der Waals surface area contributed by atoms with Gasteiger partial charge < -0.3 is 4.74 Å². The van der Waals surface area contributed by atoms with Gasteiger partial charge in [-0.25, -0.2) is 0 Å². The molecule has 0 aliphatic rings.